The molecule has 2 aromatic rings. The molecule has 0 unspecified atom stereocenters. The van der Waals surface area contributed by atoms with Gasteiger partial charge in [-0.25, -0.2) is 9.78 Å². The number of aliphatic hydroxyl groups is 1. The first-order valence-electron chi connectivity index (χ1n) is 6.19. The van der Waals surface area contributed by atoms with E-state index in [1.54, 1.807) is 25.1 Å². The third-order valence-electron chi connectivity index (χ3n) is 2.77. The SMILES string of the molecule is Cc1ccc(C(=O)O)c(Oc2ccc(CCO)cc2)n1. The van der Waals surface area contributed by atoms with Crippen molar-refractivity contribution >= 4 is 5.97 Å². The largest absolute Gasteiger partial charge is 0.477 e. The number of rotatable bonds is 5. The van der Waals surface area contributed by atoms with Gasteiger partial charge in [0, 0.05) is 12.3 Å². The van der Waals surface area contributed by atoms with Gasteiger partial charge < -0.3 is 14.9 Å². The van der Waals surface area contributed by atoms with Gasteiger partial charge in [0.25, 0.3) is 0 Å². The Hall–Kier alpha value is -2.40. The molecule has 0 atom stereocenters. The summed E-state index contributed by atoms with van der Waals surface area (Å²) in [5.41, 5.74) is 1.69. The Morgan fingerprint density at radius 3 is 2.50 bits per heavy atom. The summed E-state index contributed by atoms with van der Waals surface area (Å²) in [6.45, 7) is 1.85. The van der Waals surface area contributed by atoms with Crippen molar-refractivity contribution in [2.45, 2.75) is 13.3 Å². The number of carboxylic acids is 1. The van der Waals surface area contributed by atoms with Gasteiger partial charge in [0.1, 0.15) is 11.3 Å². The molecule has 1 aromatic heterocycles. The van der Waals surface area contributed by atoms with Gasteiger partial charge in [-0.3, -0.25) is 0 Å². The summed E-state index contributed by atoms with van der Waals surface area (Å²) in [5, 5.41) is 17.9. The fraction of sp³-hybridized carbons (Fsp3) is 0.200. The van der Waals surface area contributed by atoms with E-state index in [-0.39, 0.29) is 18.1 Å². The molecule has 0 aliphatic heterocycles. The van der Waals surface area contributed by atoms with E-state index in [1.165, 1.54) is 6.07 Å². The predicted octanol–water partition coefficient (Wildman–Crippen LogP) is 2.42. The summed E-state index contributed by atoms with van der Waals surface area (Å²) in [6.07, 6.45) is 0.573. The first-order valence-corrected chi connectivity index (χ1v) is 6.19. The van der Waals surface area contributed by atoms with Crippen LogP contribution in [0.3, 0.4) is 0 Å². The molecule has 5 heteroatoms. The van der Waals surface area contributed by atoms with Crippen LogP contribution in [-0.4, -0.2) is 27.8 Å². The highest BCUT2D eigenvalue weighted by Crippen LogP contribution is 2.24. The number of benzene rings is 1. The number of ether oxygens (including phenoxy) is 1. The first-order chi connectivity index (χ1) is 9.60. The molecule has 1 heterocycles. The van der Waals surface area contributed by atoms with E-state index in [2.05, 4.69) is 4.98 Å². The minimum absolute atomic E-state index is 0.0232. The maximum atomic E-state index is 11.1. The number of hydrogen-bond donors (Lipinski definition) is 2. The molecule has 20 heavy (non-hydrogen) atoms. The van der Waals surface area contributed by atoms with E-state index in [4.69, 9.17) is 14.9 Å². The molecule has 1 aromatic carbocycles. The van der Waals surface area contributed by atoms with Crippen LogP contribution in [0.2, 0.25) is 0 Å². The van der Waals surface area contributed by atoms with Crippen LogP contribution in [-0.2, 0) is 6.42 Å². The van der Waals surface area contributed by atoms with Gasteiger partial charge >= 0.3 is 5.97 Å². The molecule has 0 aliphatic rings. The minimum atomic E-state index is -1.08. The fourth-order valence-corrected chi connectivity index (χ4v) is 1.74. The standard InChI is InChI=1S/C15H15NO4/c1-10-2-7-13(15(18)19)14(16-10)20-12-5-3-11(4-6-12)8-9-17/h2-7,17H,8-9H2,1H3,(H,18,19). The molecule has 0 saturated heterocycles. The van der Waals surface area contributed by atoms with Gasteiger partial charge in [0.15, 0.2) is 0 Å². The predicted molar refractivity (Wildman–Crippen MR) is 73.2 cm³/mol. The number of aromatic nitrogens is 1. The lowest BCUT2D eigenvalue weighted by molar-refractivity contribution is 0.0693. The van der Waals surface area contributed by atoms with Crippen molar-refractivity contribution < 1.29 is 19.7 Å². The second-order valence-corrected chi connectivity index (χ2v) is 4.33. The number of aromatic carboxylic acids is 1. The summed E-state index contributed by atoms with van der Waals surface area (Å²) in [4.78, 5) is 15.2. The van der Waals surface area contributed by atoms with Crippen LogP contribution in [0.1, 0.15) is 21.6 Å². The highest BCUT2D eigenvalue weighted by Gasteiger charge is 2.13. The maximum absolute atomic E-state index is 11.1. The van der Waals surface area contributed by atoms with Crippen LogP contribution in [0.15, 0.2) is 36.4 Å². The Labute approximate surface area is 116 Å². The Morgan fingerprint density at radius 1 is 1.20 bits per heavy atom. The summed E-state index contributed by atoms with van der Waals surface area (Å²) >= 11 is 0. The lowest BCUT2D eigenvalue weighted by Crippen LogP contribution is -2.03. The lowest BCUT2D eigenvalue weighted by Gasteiger charge is -2.09. The number of aryl methyl sites for hydroxylation is 1. The number of pyridine rings is 1. The van der Waals surface area contributed by atoms with Gasteiger partial charge in [0.2, 0.25) is 5.88 Å². The summed E-state index contributed by atoms with van der Waals surface area (Å²) in [6, 6.07) is 10.2. The molecule has 0 saturated carbocycles. The normalized spacial score (nSPS) is 10.3. The quantitative estimate of drug-likeness (QED) is 0.874. The zero-order valence-electron chi connectivity index (χ0n) is 11.0. The van der Waals surface area contributed by atoms with Crippen LogP contribution in [0, 0.1) is 6.92 Å². The molecule has 0 aliphatic carbocycles. The van der Waals surface area contributed by atoms with Gasteiger partial charge in [-0.2, -0.15) is 0 Å². The Morgan fingerprint density at radius 2 is 1.90 bits per heavy atom. The van der Waals surface area contributed by atoms with Crippen molar-refractivity contribution in [1.82, 2.24) is 4.98 Å². The van der Waals surface area contributed by atoms with Gasteiger partial charge in [-0.15, -0.1) is 0 Å². The molecule has 0 spiro atoms. The zero-order valence-corrected chi connectivity index (χ0v) is 11.0. The van der Waals surface area contributed by atoms with Crippen molar-refractivity contribution in [3.05, 3.63) is 53.2 Å². The second-order valence-electron chi connectivity index (χ2n) is 4.33. The van der Waals surface area contributed by atoms with Gasteiger partial charge in [-0.05, 0) is 43.2 Å². The molecular weight excluding hydrogens is 258 g/mol. The molecule has 2 rings (SSSR count). The van der Waals surface area contributed by atoms with Crippen LogP contribution in [0.4, 0.5) is 0 Å². The van der Waals surface area contributed by atoms with E-state index in [0.29, 0.717) is 17.9 Å². The van der Waals surface area contributed by atoms with Crippen molar-refractivity contribution in [3.8, 4) is 11.6 Å². The lowest BCUT2D eigenvalue weighted by atomic mass is 10.1. The third kappa shape index (κ3) is 3.33. The maximum Gasteiger partial charge on any atom is 0.341 e. The van der Waals surface area contributed by atoms with Crippen molar-refractivity contribution in [2.75, 3.05) is 6.61 Å². The van der Waals surface area contributed by atoms with E-state index >= 15 is 0 Å². The van der Waals surface area contributed by atoms with Crippen LogP contribution >= 0.6 is 0 Å². The van der Waals surface area contributed by atoms with Crippen LogP contribution in [0.5, 0.6) is 11.6 Å². The molecule has 0 fully saturated rings. The fourth-order valence-electron chi connectivity index (χ4n) is 1.74. The number of aliphatic hydroxyl groups excluding tert-OH is 1. The topological polar surface area (TPSA) is 79.7 Å². The number of nitrogens with zero attached hydrogens (tertiary/aromatic N) is 1. The molecule has 0 amide bonds. The first kappa shape index (κ1) is 14.0. The van der Waals surface area contributed by atoms with Crippen LogP contribution < -0.4 is 4.74 Å². The minimum Gasteiger partial charge on any atom is -0.477 e. The Bertz CT molecular complexity index is 608. The molecule has 2 N–H and O–H groups in total. The third-order valence-corrected chi connectivity index (χ3v) is 2.77. The second kappa shape index (κ2) is 6.16. The molecule has 5 nitrogen and oxygen atoms in total. The molecule has 104 valence electrons. The highest BCUT2D eigenvalue weighted by atomic mass is 16.5. The van der Waals surface area contributed by atoms with E-state index in [0.717, 1.165) is 5.56 Å². The summed E-state index contributed by atoms with van der Waals surface area (Å²) < 4.78 is 5.53. The van der Waals surface area contributed by atoms with Crippen molar-refractivity contribution in [1.29, 1.82) is 0 Å². The van der Waals surface area contributed by atoms with Gasteiger partial charge in [0.05, 0.1) is 0 Å². The van der Waals surface area contributed by atoms with Crippen LogP contribution in [0.25, 0.3) is 0 Å². The number of hydrogen-bond acceptors (Lipinski definition) is 4. The Kier molecular flexibility index (Phi) is 4.32. The van der Waals surface area contributed by atoms with Crippen molar-refractivity contribution in [2.24, 2.45) is 0 Å². The van der Waals surface area contributed by atoms with E-state index < -0.39 is 5.97 Å². The zero-order chi connectivity index (χ0) is 14.5. The molecule has 0 radical (unpaired) electrons. The Balaban J connectivity index is 2.25. The highest BCUT2D eigenvalue weighted by molar-refractivity contribution is 5.90. The molecule has 0 bridgehead atoms. The average molecular weight is 273 g/mol. The number of carboxylic acid groups (broad SMARTS) is 1. The number of carbonyl (C=O) groups is 1. The van der Waals surface area contributed by atoms with E-state index in [1.807, 2.05) is 12.1 Å². The van der Waals surface area contributed by atoms with Gasteiger partial charge in [-0.1, -0.05) is 12.1 Å². The summed E-state index contributed by atoms with van der Waals surface area (Å²) in [7, 11) is 0. The van der Waals surface area contributed by atoms with E-state index in [9.17, 15) is 4.79 Å². The smallest absolute Gasteiger partial charge is 0.341 e. The summed E-state index contributed by atoms with van der Waals surface area (Å²) in [5.74, 6) is -0.496. The molecular formula is C15H15NO4. The average Bonchev–Trinajstić information content (AvgIpc) is 2.41. The monoisotopic (exact) mass is 273 g/mol. The van der Waals surface area contributed by atoms with Crippen molar-refractivity contribution in [3.63, 3.8) is 0 Å².